The van der Waals surface area contributed by atoms with Gasteiger partial charge in [0.05, 0.1) is 12.3 Å². The van der Waals surface area contributed by atoms with Gasteiger partial charge in [0, 0.05) is 6.61 Å². The van der Waals surface area contributed by atoms with Crippen molar-refractivity contribution in [1.29, 1.82) is 0 Å². The maximum atomic E-state index is 13.2. The predicted molar refractivity (Wildman–Crippen MR) is 62.0 cm³/mol. The van der Waals surface area contributed by atoms with E-state index in [4.69, 9.17) is 15.2 Å². The molecule has 0 spiro atoms. The number of rotatable bonds is 6. The summed E-state index contributed by atoms with van der Waals surface area (Å²) in [5.41, 5.74) is 5.89. The van der Waals surface area contributed by atoms with Gasteiger partial charge in [0.15, 0.2) is 11.6 Å². The van der Waals surface area contributed by atoms with E-state index in [9.17, 15) is 4.39 Å². The maximum Gasteiger partial charge on any atom is 0.177 e. The van der Waals surface area contributed by atoms with Crippen LogP contribution >= 0.6 is 0 Å². The minimum Gasteiger partial charge on any atom is -0.486 e. The SMILES string of the molecule is CC(C)COCCOc1c(N)cccc1F. The van der Waals surface area contributed by atoms with Crippen LogP contribution in [0.3, 0.4) is 0 Å². The molecule has 90 valence electrons. The second-order valence-electron chi connectivity index (χ2n) is 3.98. The molecule has 0 atom stereocenters. The Balaban J connectivity index is 2.32. The number of hydrogen-bond donors (Lipinski definition) is 1. The molecule has 0 aliphatic heterocycles. The number of nitrogens with two attached hydrogens (primary N) is 1. The fraction of sp³-hybridized carbons (Fsp3) is 0.500. The van der Waals surface area contributed by atoms with Crippen LogP contribution in [0.2, 0.25) is 0 Å². The molecule has 4 heteroatoms. The summed E-state index contributed by atoms with van der Waals surface area (Å²) < 4.78 is 23.8. The van der Waals surface area contributed by atoms with Gasteiger partial charge in [0.25, 0.3) is 0 Å². The Hall–Kier alpha value is -1.29. The van der Waals surface area contributed by atoms with Crippen molar-refractivity contribution in [2.75, 3.05) is 25.6 Å². The van der Waals surface area contributed by atoms with Crippen molar-refractivity contribution in [2.24, 2.45) is 5.92 Å². The molecular formula is C12H18FNO2. The lowest BCUT2D eigenvalue weighted by Crippen LogP contribution is -2.11. The molecular weight excluding hydrogens is 209 g/mol. The van der Waals surface area contributed by atoms with E-state index >= 15 is 0 Å². The second-order valence-corrected chi connectivity index (χ2v) is 3.98. The van der Waals surface area contributed by atoms with Crippen LogP contribution in [-0.2, 0) is 4.74 Å². The summed E-state index contributed by atoms with van der Waals surface area (Å²) in [5.74, 6) is 0.151. The molecule has 0 aliphatic carbocycles. The molecule has 0 amide bonds. The average Bonchev–Trinajstić information content (AvgIpc) is 2.21. The summed E-state index contributed by atoms with van der Waals surface area (Å²) in [7, 11) is 0. The number of anilines is 1. The zero-order valence-electron chi connectivity index (χ0n) is 9.70. The Morgan fingerprint density at radius 3 is 2.69 bits per heavy atom. The molecule has 0 saturated heterocycles. The minimum atomic E-state index is -0.441. The summed E-state index contributed by atoms with van der Waals surface area (Å²) in [5, 5.41) is 0. The smallest absolute Gasteiger partial charge is 0.177 e. The van der Waals surface area contributed by atoms with E-state index in [0.717, 1.165) is 0 Å². The fourth-order valence-electron chi connectivity index (χ4n) is 1.20. The van der Waals surface area contributed by atoms with Gasteiger partial charge in [0.2, 0.25) is 0 Å². The monoisotopic (exact) mass is 227 g/mol. The van der Waals surface area contributed by atoms with E-state index in [1.165, 1.54) is 6.07 Å². The third-order valence-corrected chi connectivity index (χ3v) is 1.92. The first-order valence-electron chi connectivity index (χ1n) is 5.35. The summed E-state index contributed by atoms with van der Waals surface area (Å²) in [4.78, 5) is 0. The molecule has 0 unspecified atom stereocenters. The van der Waals surface area contributed by atoms with Crippen LogP contribution in [0.5, 0.6) is 5.75 Å². The van der Waals surface area contributed by atoms with E-state index in [2.05, 4.69) is 13.8 Å². The minimum absolute atomic E-state index is 0.107. The maximum absolute atomic E-state index is 13.2. The van der Waals surface area contributed by atoms with Crippen molar-refractivity contribution in [1.82, 2.24) is 0 Å². The van der Waals surface area contributed by atoms with E-state index in [1.54, 1.807) is 12.1 Å². The Kier molecular flexibility index (Phi) is 5.05. The van der Waals surface area contributed by atoms with Gasteiger partial charge in [-0.15, -0.1) is 0 Å². The van der Waals surface area contributed by atoms with Gasteiger partial charge >= 0.3 is 0 Å². The average molecular weight is 227 g/mol. The molecule has 0 fully saturated rings. The van der Waals surface area contributed by atoms with Gasteiger partial charge in [-0.05, 0) is 18.1 Å². The summed E-state index contributed by atoms with van der Waals surface area (Å²) in [6.45, 7) is 5.55. The van der Waals surface area contributed by atoms with Crippen molar-refractivity contribution < 1.29 is 13.9 Å². The first-order chi connectivity index (χ1) is 7.61. The highest BCUT2D eigenvalue weighted by atomic mass is 19.1. The quantitative estimate of drug-likeness (QED) is 0.599. The van der Waals surface area contributed by atoms with Gasteiger partial charge in [-0.2, -0.15) is 0 Å². The largest absolute Gasteiger partial charge is 0.486 e. The zero-order chi connectivity index (χ0) is 12.0. The van der Waals surface area contributed by atoms with Gasteiger partial charge in [0.1, 0.15) is 6.61 Å². The van der Waals surface area contributed by atoms with Crippen LogP contribution in [0, 0.1) is 11.7 Å². The topological polar surface area (TPSA) is 44.5 Å². The van der Waals surface area contributed by atoms with Crippen LogP contribution < -0.4 is 10.5 Å². The van der Waals surface area contributed by atoms with E-state index < -0.39 is 5.82 Å². The number of para-hydroxylation sites is 1. The highest BCUT2D eigenvalue weighted by Crippen LogP contribution is 2.24. The summed E-state index contributed by atoms with van der Waals surface area (Å²) >= 11 is 0. The number of ether oxygens (including phenoxy) is 2. The summed E-state index contributed by atoms with van der Waals surface area (Å²) in [6, 6.07) is 4.47. The first-order valence-corrected chi connectivity index (χ1v) is 5.35. The zero-order valence-corrected chi connectivity index (χ0v) is 9.70. The van der Waals surface area contributed by atoms with Gasteiger partial charge in [-0.1, -0.05) is 19.9 Å². The van der Waals surface area contributed by atoms with E-state index in [-0.39, 0.29) is 5.75 Å². The second kappa shape index (κ2) is 6.33. The van der Waals surface area contributed by atoms with Crippen LogP contribution in [0.4, 0.5) is 10.1 Å². The molecule has 1 aromatic carbocycles. The van der Waals surface area contributed by atoms with Gasteiger partial charge in [-0.25, -0.2) is 4.39 Å². The van der Waals surface area contributed by atoms with Crippen molar-refractivity contribution in [3.05, 3.63) is 24.0 Å². The van der Waals surface area contributed by atoms with Gasteiger partial charge < -0.3 is 15.2 Å². The highest BCUT2D eigenvalue weighted by molar-refractivity contribution is 5.52. The number of benzene rings is 1. The lowest BCUT2D eigenvalue weighted by molar-refractivity contribution is 0.0810. The van der Waals surface area contributed by atoms with Crippen molar-refractivity contribution in [3.8, 4) is 5.75 Å². The molecule has 0 aromatic heterocycles. The third kappa shape index (κ3) is 4.06. The predicted octanol–water partition coefficient (Wildman–Crippen LogP) is 2.46. The molecule has 2 N–H and O–H groups in total. The summed E-state index contributed by atoms with van der Waals surface area (Å²) in [6.07, 6.45) is 0. The third-order valence-electron chi connectivity index (χ3n) is 1.92. The van der Waals surface area contributed by atoms with Crippen molar-refractivity contribution >= 4 is 5.69 Å². The standard InChI is InChI=1S/C12H18FNO2/c1-9(2)8-15-6-7-16-12-10(13)4-3-5-11(12)14/h3-5,9H,6-8,14H2,1-2H3. The number of hydrogen-bond acceptors (Lipinski definition) is 3. The molecule has 16 heavy (non-hydrogen) atoms. The van der Waals surface area contributed by atoms with Crippen LogP contribution in [0.15, 0.2) is 18.2 Å². The highest BCUT2D eigenvalue weighted by Gasteiger charge is 2.06. The van der Waals surface area contributed by atoms with Crippen LogP contribution in [0.1, 0.15) is 13.8 Å². The molecule has 0 heterocycles. The van der Waals surface area contributed by atoms with Crippen molar-refractivity contribution in [2.45, 2.75) is 13.8 Å². The fourth-order valence-corrected chi connectivity index (χ4v) is 1.20. The van der Waals surface area contributed by atoms with Crippen LogP contribution in [-0.4, -0.2) is 19.8 Å². The Labute approximate surface area is 95.4 Å². The van der Waals surface area contributed by atoms with E-state index in [1.807, 2.05) is 0 Å². The Morgan fingerprint density at radius 1 is 1.31 bits per heavy atom. The Bertz CT molecular complexity index is 309. The number of halogens is 1. The number of nitrogen functional groups attached to an aromatic ring is 1. The van der Waals surface area contributed by atoms with E-state index in [0.29, 0.717) is 31.4 Å². The molecule has 3 nitrogen and oxygen atoms in total. The molecule has 0 radical (unpaired) electrons. The van der Waals surface area contributed by atoms with Crippen molar-refractivity contribution in [3.63, 3.8) is 0 Å². The lowest BCUT2D eigenvalue weighted by atomic mass is 10.2. The normalized spacial score (nSPS) is 10.8. The molecule has 0 bridgehead atoms. The molecule has 0 aliphatic rings. The molecule has 1 aromatic rings. The van der Waals surface area contributed by atoms with Gasteiger partial charge in [-0.3, -0.25) is 0 Å². The Morgan fingerprint density at radius 2 is 2.06 bits per heavy atom. The molecule has 0 saturated carbocycles. The molecule has 1 rings (SSSR count). The lowest BCUT2D eigenvalue weighted by Gasteiger charge is -2.10. The van der Waals surface area contributed by atoms with Crippen LogP contribution in [0.25, 0.3) is 0 Å². The first kappa shape index (κ1) is 12.8.